The number of aromatic nitrogens is 1. The highest BCUT2D eigenvalue weighted by atomic mass is 32.1. The van der Waals surface area contributed by atoms with Crippen molar-refractivity contribution in [1.82, 2.24) is 20.1 Å². The van der Waals surface area contributed by atoms with Crippen molar-refractivity contribution in [2.24, 2.45) is 0 Å². The van der Waals surface area contributed by atoms with Crippen molar-refractivity contribution in [2.75, 3.05) is 26.2 Å². The molecule has 0 aliphatic carbocycles. The molecule has 0 aliphatic heterocycles. The lowest BCUT2D eigenvalue weighted by Crippen LogP contribution is -2.41. The first-order valence-corrected chi connectivity index (χ1v) is 12.4. The van der Waals surface area contributed by atoms with E-state index >= 15 is 0 Å². The topological polar surface area (TPSA) is 51.4 Å². The Morgan fingerprint density at radius 2 is 1.73 bits per heavy atom. The Morgan fingerprint density at radius 1 is 0.970 bits per heavy atom. The van der Waals surface area contributed by atoms with Crippen LogP contribution in [0.5, 0.6) is 0 Å². The highest BCUT2D eigenvalue weighted by Crippen LogP contribution is 2.15. The minimum absolute atomic E-state index is 0.0497. The second kappa shape index (κ2) is 12.5. The summed E-state index contributed by atoms with van der Waals surface area (Å²) < 4.78 is 0. The molecule has 0 spiro atoms. The van der Waals surface area contributed by atoms with Crippen molar-refractivity contribution < 1.29 is 0 Å². The average molecular weight is 465 g/mol. The molecular weight excluding hydrogens is 428 g/mol. The summed E-state index contributed by atoms with van der Waals surface area (Å²) in [5, 5.41) is 5.14. The van der Waals surface area contributed by atoms with Crippen LogP contribution in [0, 0.1) is 0 Å². The van der Waals surface area contributed by atoms with Crippen LogP contribution in [0.2, 0.25) is 0 Å². The molecule has 2 aromatic carbocycles. The lowest BCUT2D eigenvalue weighted by molar-refractivity contribution is 0.279. The Hall–Kier alpha value is -2.70. The third-order valence-corrected chi connectivity index (χ3v) is 6.53. The van der Waals surface area contributed by atoms with Gasteiger partial charge in [-0.25, -0.2) is 0 Å². The molecule has 1 aromatic heterocycles. The summed E-state index contributed by atoms with van der Waals surface area (Å²) in [6.07, 6.45) is 1.95. The zero-order valence-corrected chi connectivity index (χ0v) is 20.9. The first-order valence-electron chi connectivity index (χ1n) is 12.0. The summed E-state index contributed by atoms with van der Waals surface area (Å²) in [5.74, 6) is 0. The summed E-state index contributed by atoms with van der Waals surface area (Å²) in [4.78, 5) is 20.4. The molecule has 0 amide bonds. The fourth-order valence-corrected chi connectivity index (χ4v) is 4.24. The quantitative estimate of drug-likeness (QED) is 0.403. The van der Waals surface area contributed by atoms with Gasteiger partial charge in [-0.1, -0.05) is 57.2 Å². The van der Waals surface area contributed by atoms with Gasteiger partial charge in [0.05, 0.1) is 6.54 Å². The van der Waals surface area contributed by atoms with E-state index < -0.39 is 0 Å². The van der Waals surface area contributed by atoms with Gasteiger partial charge in [-0.05, 0) is 79.4 Å². The van der Waals surface area contributed by atoms with Gasteiger partial charge in [-0.2, -0.15) is 0 Å². The van der Waals surface area contributed by atoms with E-state index in [1.807, 2.05) is 30.3 Å². The average Bonchev–Trinajstić information content (AvgIpc) is 2.85. The maximum absolute atomic E-state index is 12.8. The van der Waals surface area contributed by atoms with E-state index in [-0.39, 0.29) is 5.56 Å². The number of aromatic amines is 1. The monoisotopic (exact) mass is 464 g/mol. The molecule has 3 rings (SSSR count). The van der Waals surface area contributed by atoms with Gasteiger partial charge in [0.1, 0.15) is 0 Å². The number of aryl methyl sites for hydroxylation is 1. The van der Waals surface area contributed by atoms with Crippen molar-refractivity contribution in [2.45, 2.75) is 46.7 Å². The van der Waals surface area contributed by atoms with Crippen LogP contribution in [-0.4, -0.2) is 46.1 Å². The molecule has 176 valence electrons. The first-order chi connectivity index (χ1) is 16.0. The zero-order valence-electron chi connectivity index (χ0n) is 20.1. The van der Waals surface area contributed by atoms with Gasteiger partial charge >= 0.3 is 0 Å². The third kappa shape index (κ3) is 7.14. The molecule has 0 unspecified atom stereocenters. The fourth-order valence-electron chi connectivity index (χ4n) is 4.01. The second-order valence-electron chi connectivity index (χ2n) is 8.35. The number of rotatable bonds is 11. The Kier molecular flexibility index (Phi) is 9.46. The number of pyridine rings is 1. The van der Waals surface area contributed by atoms with Gasteiger partial charge in [0.15, 0.2) is 5.11 Å². The molecule has 0 fully saturated rings. The normalized spacial score (nSPS) is 11.2. The lowest BCUT2D eigenvalue weighted by Gasteiger charge is -2.27. The third-order valence-electron chi connectivity index (χ3n) is 6.13. The maximum Gasteiger partial charge on any atom is 0.253 e. The Bertz CT molecular complexity index is 1090. The van der Waals surface area contributed by atoms with E-state index in [0.29, 0.717) is 18.2 Å². The largest absolute Gasteiger partial charge is 0.358 e. The number of nitrogens with one attached hydrogen (secondary N) is 2. The van der Waals surface area contributed by atoms with E-state index in [2.05, 4.69) is 65.1 Å². The number of fused-ring (bicyclic) bond motifs is 1. The predicted molar refractivity (Wildman–Crippen MR) is 143 cm³/mol. The van der Waals surface area contributed by atoms with Gasteiger partial charge in [-0.15, -0.1) is 0 Å². The van der Waals surface area contributed by atoms with Crippen molar-refractivity contribution >= 4 is 28.2 Å². The highest BCUT2D eigenvalue weighted by Gasteiger charge is 2.14. The standard InChI is InChI=1S/C27H36N4OS/c1-4-21-13-14-25-23(17-21)18-24(26(32)29-25)20-31(16-10-15-30(5-2)6-3)27(33)28-19-22-11-8-7-9-12-22/h7-9,11-14,17-18H,4-6,10,15-16,19-20H2,1-3H3,(H,28,33)(H,29,32). The lowest BCUT2D eigenvalue weighted by atomic mass is 10.1. The maximum atomic E-state index is 12.8. The molecule has 0 aliphatic rings. The van der Waals surface area contributed by atoms with Crippen molar-refractivity contribution in [3.05, 3.63) is 81.6 Å². The first kappa shape index (κ1) is 24.9. The van der Waals surface area contributed by atoms with E-state index in [1.54, 1.807) is 0 Å². The molecule has 1 heterocycles. The molecule has 5 nitrogen and oxygen atoms in total. The molecule has 3 aromatic rings. The summed E-state index contributed by atoms with van der Waals surface area (Å²) in [7, 11) is 0. The second-order valence-corrected chi connectivity index (χ2v) is 8.73. The summed E-state index contributed by atoms with van der Waals surface area (Å²) in [6, 6.07) is 18.5. The minimum atomic E-state index is -0.0497. The van der Waals surface area contributed by atoms with Gasteiger partial charge in [0.2, 0.25) is 0 Å². The van der Waals surface area contributed by atoms with Crippen LogP contribution in [0.25, 0.3) is 10.9 Å². The van der Waals surface area contributed by atoms with Crippen LogP contribution in [-0.2, 0) is 19.5 Å². The molecular formula is C27H36N4OS. The van der Waals surface area contributed by atoms with E-state index in [1.165, 1.54) is 11.1 Å². The number of thiocarbonyl (C=S) groups is 1. The van der Waals surface area contributed by atoms with Crippen LogP contribution in [0.4, 0.5) is 0 Å². The van der Waals surface area contributed by atoms with E-state index in [0.717, 1.165) is 55.5 Å². The number of benzene rings is 2. The number of nitrogens with zero attached hydrogens (tertiary/aromatic N) is 2. The van der Waals surface area contributed by atoms with Crippen molar-refractivity contribution in [1.29, 1.82) is 0 Å². The Morgan fingerprint density at radius 3 is 2.42 bits per heavy atom. The SMILES string of the molecule is CCc1ccc2[nH]c(=O)c(CN(CCCN(CC)CC)C(=S)NCc3ccccc3)cc2c1. The minimum Gasteiger partial charge on any atom is -0.358 e. The van der Waals surface area contributed by atoms with Crippen molar-refractivity contribution in [3.8, 4) is 0 Å². The highest BCUT2D eigenvalue weighted by molar-refractivity contribution is 7.80. The van der Waals surface area contributed by atoms with Gasteiger partial charge in [-0.3, -0.25) is 4.79 Å². The predicted octanol–water partition coefficient (Wildman–Crippen LogP) is 4.70. The molecule has 6 heteroatoms. The summed E-state index contributed by atoms with van der Waals surface area (Å²) in [6.45, 7) is 11.6. The van der Waals surface area contributed by atoms with Crippen LogP contribution < -0.4 is 10.9 Å². The molecule has 2 N–H and O–H groups in total. The van der Waals surface area contributed by atoms with Crippen LogP contribution in [0.15, 0.2) is 59.4 Å². The number of hydrogen-bond donors (Lipinski definition) is 2. The van der Waals surface area contributed by atoms with Gasteiger partial charge in [0.25, 0.3) is 5.56 Å². The molecule has 0 radical (unpaired) electrons. The Labute approximate surface area is 202 Å². The molecule has 0 bridgehead atoms. The molecule has 0 saturated carbocycles. The van der Waals surface area contributed by atoms with Gasteiger partial charge < -0.3 is 20.1 Å². The Balaban J connectivity index is 1.77. The van der Waals surface area contributed by atoms with E-state index in [9.17, 15) is 4.79 Å². The molecule has 33 heavy (non-hydrogen) atoms. The van der Waals surface area contributed by atoms with Crippen LogP contribution in [0.1, 0.15) is 43.9 Å². The summed E-state index contributed by atoms with van der Waals surface area (Å²) >= 11 is 5.78. The number of hydrogen-bond acceptors (Lipinski definition) is 3. The van der Waals surface area contributed by atoms with Crippen molar-refractivity contribution in [3.63, 3.8) is 0 Å². The van der Waals surface area contributed by atoms with Gasteiger partial charge in [0, 0.05) is 24.2 Å². The summed E-state index contributed by atoms with van der Waals surface area (Å²) in [5.41, 5.74) is 4.00. The number of H-pyrrole nitrogens is 1. The molecule has 0 atom stereocenters. The van der Waals surface area contributed by atoms with E-state index in [4.69, 9.17) is 12.2 Å². The fraction of sp³-hybridized carbons (Fsp3) is 0.407. The van der Waals surface area contributed by atoms with Crippen LogP contribution in [0.3, 0.4) is 0 Å². The van der Waals surface area contributed by atoms with Crippen LogP contribution >= 0.6 is 12.2 Å². The zero-order chi connectivity index (χ0) is 23.6. The molecule has 0 saturated heterocycles. The smallest absolute Gasteiger partial charge is 0.253 e.